The van der Waals surface area contributed by atoms with Crippen molar-refractivity contribution in [2.75, 3.05) is 33.7 Å². The van der Waals surface area contributed by atoms with Crippen LogP contribution in [0, 0.1) is 0 Å². The summed E-state index contributed by atoms with van der Waals surface area (Å²) in [5.74, 6) is 0.326. The van der Waals surface area contributed by atoms with Gasteiger partial charge in [-0.3, -0.25) is 9.69 Å². The molecule has 1 aliphatic carbocycles. The highest BCUT2D eigenvalue weighted by Gasteiger charge is 2.38. The second-order valence-corrected chi connectivity index (χ2v) is 4.67. The largest absolute Gasteiger partial charge is 0.338 e. The monoisotopic (exact) mass is 211 g/mol. The van der Waals surface area contributed by atoms with Gasteiger partial charge in [0.05, 0.1) is 0 Å². The molecule has 1 saturated carbocycles. The van der Waals surface area contributed by atoms with E-state index in [-0.39, 0.29) is 6.04 Å². The SMILES string of the molecule is CNCC1C(=O)N(C2CC2)CCCN1C. The van der Waals surface area contributed by atoms with Gasteiger partial charge in [0, 0.05) is 25.7 Å². The maximum absolute atomic E-state index is 12.3. The highest BCUT2D eigenvalue weighted by atomic mass is 16.2. The Morgan fingerprint density at radius 1 is 1.40 bits per heavy atom. The summed E-state index contributed by atoms with van der Waals surface area (Å²) in [7, 11) is 3.96. The Morgan fingerprint density at radius 2 is 2.13 bits per heavy atom. The van der Waals surface area contributed by atoms with Crippen LogP contribution in [0.15, 0.2) is 0 Å². The first-order chi connectivity index (χ1) is 7.24. The second-order valence-electron chi connectivity index (χ2n) is 4.67. The second kappa shape index (κ2) is 4.49. The molecule has 1 aliphatic heterocycles. The van der Waals surface area contributed by atoms with E-state index >= 15 is 0 Å². The van der Waals surface area contributed by atoms with Crippen LogP contribution in [0.25, 0.3) is 0 Å². The van der Waals surface area contributed by atoms with E-state index in [0.717, 1.165) is 26.1 Å². The third kappa shape index (κ3) is 2.32. The molecule has 2 rings (SSSR count). The van der Waals surface area contributed by atoms with Crippen LogP contribution in [0.3, 0.4) is 0 Å². The molecule has 1 unspecified atom stereocenters. The quantitative estimate of drug-likeness (QED) is 0.708. The lowest BCUT2D eigenvalue weighted by atomic mass is 10.2. The zero-order valence-electron chi connectivity index (χ0n) is 9.70. The molecular formula is C11H21N3O. The van der Waals surface area contributed by atoms with Crippen molar-refractivity contribution in [2.24, 2.45) is 0 Å². The summed E-state index contributed by atoms with van der Waals surface area (Å²) in [5, 5.41) is 3.12. The lowest BCUT2D eigenvalue weighted by Gasteiger charge is -2.27. The molecule has 1 amide bonds. The summed E-state index contributed by atoms with van der Waals surface area (Å²) >= 11 is 0. The topological polar surface area (TPSA) is 35.6 Å². The van der Waals surface area contributed by atoms with Crippen LogP contribution in [0.1, 0.15) is 19.3 Å². The molecule has 4 heteroatoms. The Balaban J connectivity index is 2.06. The van der Waals surface area contributed by atoms with Gasteiger partial charge in [-0.25, -0.2) is 0 Å². The van der Waals surface area contributed by atoms with E-state index in [1.165, 1.54) is 12.8 Å². The molecule has 2 aliphatic rings. The van der Waals surface area contributed by atoms with Crippen molar-refractivity contribution in [3.05, 3.63) is 0 Å². The van der Waals surface area contributed by atoms with Gasteiger partial charge in [0.15, 0.2) is 0 Å². The molecule has 0 aromatic carbocycles. The Bertz CT molecular complexity index is 240. The maximum atomic E-state index is 12.3. The van der Waals surface area contributed by atoms with Gasteiger partial charge >= 0.3 is 0 Å². The van der Waals surface area contributed by atoms with Crippen LogP contribution >= 0.6 is 0 Å². The summed E-state index contributed by atoms with van der Waals surface area (Å²) in [6.45, 7) is 2.74. The molecule has 0 aromatic rings. The van der Waals surface area contributed by atoms with Gasteiger partial charge in [0.25, 0.3) is 0 Å². The molecule has 2 fully saturated rings. The Labute approximate surface area is 91.6 Å². The summed E-state index contributed by atoms with van der Waals surface area (Å²) in [6, 6.07) is 0.599. The van der Waals surface area contributed by atoms with E-state index in [4.69, 9.17) is 0 Å². The van der Waals surface area contributed by atoms with Crippen molar-refractivity contribution >= 4 is 5.91 Å². The van der Waals surface area contributed by atoms with E-state index < -0.39 is 0 Å². The van der Waals surface area contributed by atoms with Crippen molar-refractivity contribution in [2.45, 2.75) is 31.3 Å². The summed E-state index contributed by atoms with van der Waals surface area (Å²) in [6.07, 6.45) is 3.53. The third-order valence-corrected chi connectivity index (χ3v) is 3.40. The van der Waals surface area contributed by atoms with Gasteiger partial charge in [0.2, 0.25) is 5.91 Å². The lowest BCUT2D eigenvalue weighted by Crippen LogP contribution is -2.49. The normalized spacial score (nSPS) is 29.3. The highest BCUT2D eigenvalue weighted by Crippen LogP contribution is 2.29. The Morgan fingerprint density at radius 3 is 2.73 bits per heavy atom. The minimum atomic E-state index is 0.0399. The summed E-state index contributed by atoms with van der Waals surface area (Å²) in [5.41, 5.74) is 0. The third-order valence-electron chi connectivity index (χ3n) is 3.40. The molecular weight excluding hydrogens is 190 g/mol. The van der Waals surface area contributed by atoms with Gasteiger partial charge in [-0.2, -0.15) is 0 Å². The minimum absolute atomic E-state index is 0.0399. The predicted octanol–water partition coefficient (Wildman–Crippen LogP) is -0.0991. The number of carbonyl (C=O) groups excluding carboxylic acids is 1. The van der Waals surface area contributed by atoms with Crippen LogP contribution in [-0.4, -0.2) is 61.5 Å². The number of hydrogen-bond donors (Lipinski definition) is 1. The zero-order valence-corrected chi connectivity index (χ0v) is 9.70. The van der Waals surface area contributed by atoms with E-state index in [2.05, 4.69) is 22.2 Å². The average Bonchev–Trinajstić information content (AvgIpc) is 3.02. The first-order valence-electron chi connectivity index (χ1n) is 5.89. The zero-order chi connectivity index (χ0) is 10.8. The van der Waals surface area contributed by atoms with Crippen molar-refractivity contribution < 1.29 is 4.79 Å². The first kappa shape index (κ1) is 10.9. The number of nitrogens with zero attached hydrogens (tertiary/aromatic N) is 2. The molecule has 1 atom stereocenters. The van der Waals surface area contributed by atoms with E-state index in [9.17, 15) is 4.79 Å². The fourth-order valence-corrected chi connectivity index (χ4v) is 2.32. The van der Waals surface area contributed by atoms with Gasteiger partial charge in [-0.05, 0) is 33.4 Å². The fourth-order valence-electron chi connectivity index (χ4n) is 2.32. The van der Waals surface area contributed by atoms with Crippen molar-refractivity contribution in [1.82, 2.24) is 15.1 Å². The van der Waals surface area contributed by atoms with Crippen LogP contribution < -0.4 is 5.32 Å². The highest BCUT2D eigenvalue weighted by molar-refractivity contribution is 5.83. The van der Waals surface area contributed by atoms with Gasteiger partial charge in [0.1, 0.15) is 6.04 Å². The number of nitrogens with one attached hydrogen (secondary N) is 1. The minimum Gasteiger partial charge on any atom is -0.338 e. The van der Waals surface area contributed by atoms with E-state index in [1.807, 2.05) is 7.05 Å². The Hall–Kier alpha value is -0.610. The average molecular weight is 211 g/mol. The van der Waals surface area contributed by atoms with Gasteiger partial charge in [-0.1, -0.05) is 0 Å². The van der Waals surface area contributed by atoms with Crippen molar-refractivity contribution in [3.63, 3.8) is 0 Å². The fraction of sp³-hybridized carbons (Fsp3) is 0.909. The molecule has 0 bridgehead atoms. The molecule has 0 aromatic heterocycles. The van der Waals surface area contributed by atoms with Crippen molar-refractivity contribution in [1.29, 1.82) is 0 Å². The van der Waals surface area contributed by atoms with E-state index in [0.29, 0.717) is 11.9 Å². The number of amides is 1. The maximum Gasteiger partial charge on any atom is 0.241 e. The predicted molar refractivity (Wildman–Crippen MR) is 59.7 cm³/mol. The molecule has 1 saturated heterocycles. The number of likely N-dealkylation sites (N-methyl/N-ethyl adjacent to an activating group) is 2. The summed E-state index contributed by atoms with van der Waals surface area (Å²) in [4.78, 5) is 16.6. The molecule has 4 nitrogen and oxygen atoms in total. The standard InChI is InChI=1S/C11H21N3O/c1-12-8-10-11(15)14(9-4-5-9)7-3-6-13(10)2/h9-10,12H,3-8H2,1-2H3. The lowest BCUT2D eigenvalue weighted by molar-refractivity contribution is -0.135. The van der Waals surface area contributed by atoms with E-state index in [1.54, 1.807) is 0 Å². The van der Waals surface area contributed by atoms with Crippen LogP contribution in [0.5, 0.6) is 0 Å². The van der Waals surface area contributed by atoms with Gasteiger partial charge in [-0.15, -0.1) is 0 Å². The van der Waals surface area contributed by atoms with Crippen LogP contribution in [-0.2, 0) is 4.79 Å². The number of rotatable bonds is 3. The van der Waals surface area contributed by atoms with Gasteiger partial charge < -0.3 is 10.2 Å². The molecule has 15 heavy (non-hydrogen) atoms. The number of hydrogen-bond acceptors (Lipinski definition) is 3. The Kier molecular flexibility index (Phi) is 3.26. The molecule has 1 N–H and O–H groups in total. The van der Waals surface area contributed by atoms with Crippen LogP contribution in [0.2, 0.25) is 0 Å². The van der Waals surface area contributed by atoms with Crippen LogP contribution in [0.4, 0.5) is 0 Å². The summed E-state index contributed by atoms with van der Waals surface area (Å²) < 4.78 is 0. The molecule has 0 radical (unpaired) electrons. The smallest absolute Gasteiger partial charge is 0.241 e. The molecule has 86 valence electrons. The molecule has 1 heterocycles. The first-order valence-corrected chi connectivity index (χ1v) is 5.89. The number of carbonyl (C=O) groups is 1. The molecule has 0 spiro atoms. The van der Waals surface area contributed by atoms with Crippen molar-refractivity contribution in [3.8, 4) is 0 Å².